The van der Waals surface area contributed by atoms with Crippen LogP contribution >= 0.6 is 11.3 Å². The number of hydrogen-bond donors (Lipinski definition) is 3. The minimum absolute atomic E-state index is 0.131. The molecule has 0 spiro atoms. The first-order valence-electron chi connectivity index (χ1n) is 11.3. The molecule has 0 radical (unpaired) electrons. The molecule has 1 aromatic heterocycles. The van der Waals surface area contributed by atoms with Gasteiger partial charge in [0.25, 0.3) is 5.91 Å². The lowest BCUT2D eigenvalue weighted by molar-refractivity contribution is -0.115. The standard InChI is InChI=1S/C26H28FN3O2S/c1-17-11-12-19-22(15-17)33-26(24(19)25(32)29-21-10-6-5-9-20(21)27)30-23(31)16-28-14-13-18-7-3-2-4-8-18/h2-10,17,28H,11-16H2,1H3,(H,29,32)(H,30,31)/t17-/m1/s1. The number of anilines is 2. The molecular formula is C26H28FN3O2S. The minimum Gasteiger partial charge on any atom is -0.319 e. The molecule has 0 saturated carbocycles. The Morgan fingerprint density at radius 2 is 1.82 bits per heavy atom. The van der Waals surface area contributed by atoms with Crippen LogP contribution in [0, 0.1) is 11.7 Å². The predicted octanol–water partition coefficient (Wildman–Crippen LogP) is 5.04. The first kappa shape index (κ1) is 23.1. The summed E-state index contributed by atoms with van der Waals surface area (Å²) in [4.78, 5) is 26.9. The summed E-state index contributed by atoms with van der Waals surface area (Å²) in [6.07, 6.45) is 3.47. The second kappa shape index (κ2) is 10.7. The van der Waals surface area contributed by atoms with Crippen molar-refractivity contribution >= 4 is 33.8 Å². The fourth-order valence-electron chi connectivity index (χ4n) is 4.08. The zero-order valence-electron chi connectivity index (χ0n) is 18.6. The Morgan fingerprint density at radius 3 is 2.61 bits per heavy atom. The van der Waals surface area contributed by atoms with Gasteiger partial charge in [-0.05, 0) is 61.4 Å². The second-order valence-electron chi connectivity index (χ2n) is 8.45. The number of thiophene rings is 1. The van der Waals surface area contributed by atoms with Crippen LogP contribution in [0.4, 0.5) is 15.1 Å². The third kappa shape index (κ3) is 5.86. The van der Waals surface area contributed by atoms with E-state index in [-0.39, 0.29) is 24.0 Å². The molecule has 2 aromatic carbocycles. The van der Waals surface area contributed by atoms with Crippen molar-refractivity contribution in [2.75, 3.05) is 23.7 Å². The molecule has 0 unspecified atom stereocenters. The zero-order valence-corrected chi connectivity index (χ0v) is 19.4. The van der Waals surface area contributed by atoms with E-state index in [4.69, 9.17) is 0 Å². The first-order valence-corrected chi connectivity index (χ1v) is 12.1. The SMILES string of the molecule is C[C@@H]1CCc2c(sc(NC(=O)CNCCc3ccccc3)c2C(=O)Nc2ccccc2F)C1. The van der Waals surface area contributed by atoms with Crippen molar-refractivity contribution in [3.63, 3.8) is 0 Å². The molecule has 0 aliphatic heterocycles. The number of fused-ring (bicyclic) bond motifs is 1. The van der Waals surface area contributed by atoms with Crippen LogP contribution in [0.5, 0.6) is 0 Å². The van der Waals surface area contributed by atoms with Crippen LogP contribution in [-0.4, -0.2) is 24.9 Å². The average molecular weight is 466 g/mol. The summed E-state index contributed by atoms with van der Waals surface area (Å²) in [5.74, 6) is -0.548. The van der Waals surface area contributed by atoms with Gasteiger partial charge in [-0.3, -0.25) is 9.59 Å². The summed E-state index contributed by atoms with van der Waals surface area (Å²) in [7, 11) is 0. The Labute approximate surface area is 197 Å². The molecule has 7 heteroatoms. The molecule has 0 saturated heterocycles. The van der Waals surface area contributed by atoms with Gasteiger partial charge < -0.3 is 16.0 Å². The average Bonchev–Trinajstić information content (AvgIpc) is 3.15. The summed E-state index contributed by atoms with van der Waals surface area (Å²) in [5.41, 5.74) is 2.77. The Hall–Kier alpha value is -3.03. The number of nitrogens with one attached hydrogen (secondary N) is 3. The lowest BCUT2D eigenvalue weighted by Crippen LogP contribution is -2.30. The number of amides is 2. The number of hydrogen-bond acceptors (Lipinski definition) is 4. The van der Waals surface area contributed by atoms with Gasteiger partial charge in [-0.2, -0.15) is 0 Å². The molecule has 5 nitrogen and oxygen atoms in total. The van der Waals surface area contributed by atoms with E-state index >= 15 is 0 Å². The van der Waals surface area contributed by atoms with Gasteiger partial charge in [0.1, 0.15) is 10.8 Å². The van der Waals surface area contributed by atoms with Crippen molar-refractivity contribution < 1.29 is 14.0 Å². The molecule has 1 atom stereocenters. The normalized spacial score (nSPS) is 15.0. The highest BCUT2D eigenvalue weighted by Crippen LogP contribution is 2.40. The van der Waals surface area contributed by atoms with E-state index < -0.39 is 5.82 Å². The third-order valence-electron chi connectivity index (χ3n) is 5.83. The summed E-state index contributed by atoms with van der Waals surface area (Å²) in [5, 5.41) is 9.31. The van der Waals surface area contributed by atoms with Crippen LogP contribution < -0.4 is 16.0 Å². The number of rotatable bonds is 8. The smallest absolute Gasteiger partial charge is 0.259 e. The molecule has 0 bridgehead atoms. The van der Waals surface area contributed by atoms with Crippen LogP contribution in [-0.2, 0) is 24.1 Å². The number of carbonyl (C=O) groups excluding carboxylic acids is 2. The Morgan fingerprint density at radius 1 is 1.06 bits per heavy atom. The van der Waals surface area contributed by atoms with Gasteiger partial charge in [0.15, 0.2) is 0 Å². The fraction of sp³-hybridized carbons (Fsp3) is 0.308. The highest BCUT2D eigenvalue weighted by Gasteiger charge is 2.28. The van der Waals surface area contributed by atoms with Crippen LogP contribution in [0.1, 0.15) is 39.7 Å². The van der Waals surface area contributed by atoms with E-state index in [1.54, 1.807) is 12.1 Å². The Kier molecular flexibility index (Phi) is 7.52. The van der Waals surface area contributed by atoms with E-state index in [0.29, 0.717) is 23.0 Å². The second-order valence-corrected chi connectivity index (χ2v) is 9.56. The van der Waals surface area contributed by atoms with Gasteiger partial charge >= 0.3 is 0 Å². The number of benzene rings is 2. The molecule has 1 heterocycles. The summed E-state index contributed by atoms with van der Waals surface area (Å²) >= 11 is 1.46. The molecule has 2 amide bonds. The van der Waals surface area contributed by atoms with Crippen molar-refractivity contribution in [1.29, 1.82) is 0 Å². The highest BCUT2D eigenvalue weighted by atomic mass is 32.1. The fourth-order valence-corrected chi connectivity index (χ4v) is 5.50. The van der Waals surface area contributed by atoms with Crippen LogP contribution in [0.15, 0.2) is 54.6 Å². The quantitative estimate of drug-likeness (QED) is 0.409. The summed E-state index contributed by atoms with van der Waals surface area (Å²) < 4.78 is 14.1. The van der Waals surface area contributed by atoms with Crippen LogP contribution in [0.25, 0.3) is 0 Å². The van der Waals surface area contributed by atoms with Crippen molar-refractivity contribution in [2.45, 2.75) is 32.6 Å². The van der Waals surface area contributed by atoms with Gasteiger partial charge in [0, 0.05) is 4.88 Å². The van der Waals surface area contributed by atoms with Gasteiger partial charge in [-0.25, -0.2) is 4.39 Å². The number of carbonyl (C=O) groups is 2. The molecule has 3 N–H and O–H groups in total. The lowest BCUT2D eigenvalue weighted by atomic mass is 9.88. The van der Waals surface area contributed by atoms with Crippen LogP contribution in [0.3, 0.4) is 0 Å². The van der Waals surface area contributed by atoms with Gasteiger partial charge in [0.05, 0.1) is 17.8 Å². The van der Waals surface area contributed by atoms with Gasteiger partial charge in [-0.1, -0.05) is 49.4 Å². The monoisotopic (exact) mass is 465 g/mol. The van der Waals surface area contributed by atoms with Crippen molar-refractivity contribution in [3.8, 4) is 0 Å². The van der Waals surface area contributed by atoms with E-state index in [9.17, 15) is 14.0 Å². The zero-order chi connectivity index (χ0) is 23.2. The van der Waals surface area contributed by atoms with Crippen molar-refractivity contribution in [3.05, 3.63) is 82.0 Å². The predicted molar refractivity (Wildman–Crippen MR) is 132 cm³/mol. The Bertz CT molecular complexity index is 1130. The first-order chi connectivity index (χ1) is 16.0. The largest absolute Gasteiger partial charge is 0.319 e. The maximum absolute atomic E-state index is 14.1. The maximum atomic E-state index is 14.1. The molecule has 3 aromatic rings. The van der Waals surface area contributed by atoms with E-state index in [1.807, 2.05) is 18.2 Å². The third-order valence-corrected chi connectivity index (χ3v) is 7.00. The topological polar surface area (TPSA) is 70.2 Å². The highest BCUT2D eigenvalue weighted by molar-refractivity contribution is 7.17. The molecule has 1 aliphatic rings. The molecule has 4 rings (SSSR count). The molecular weight excluding hydrogens is 437 g/mol. The Balaban J connectivity index is 1.44. The van der Waals surface area contributed by atoms with Crippen molar-refractivity contribution in [1.82, 2.24) is 5.32 Å². The molecule has 1 aliphatic carbocycles. The maximum Gasteiger partial charge on any atom is 0.259 e. The number of para-hydroxylation sites is 1. The minimum atomic E-state index is -0.489. The van der Waals surface area contributed by atoms with Gasteiger partial charge in [-0.15, -0.1) is 11.3 Å². The summed E-state index contributed by atoms with van der Waals surface area (Å²) in [6.45, 7) is 3.02. The lowest BCUT2D eigenvalue weighted by Gasteiger charge is -2.18. The summed E-state index contributed by atoms with van der Waals surface area (Å²) in [6, 6.07) is 16.2. The number of halogens is 1. The van der Waals surface area contributed by atoms with Crippen molar-refractivity contribution in [2.24, 2.45) is 5.92 Å². The molecule has 172 valence electrons. The molecule has 0 fully saturated rings. The van der Waals surface area contributed by atoms with E-state index in [1.165, 1.54) is 29.0 Å². The molecule has 33 heavy (non-hydrogen) atoms. The van der Waals surface area contributed by atoms with E-state index in [0.717, 1.165) is 36.1 Å². The van der Waals surface area contributed by atoms with Gasteiger partial charge in [0.2, 0.25) is 5.91 Å². The van der Waals surface area contributed by atoms with E-state index in [2.05, 4.69) is 35.0 Å². The van der Waals surface area contributed by atoms with Crippen LogP contribution in [0.2, 0.25) is 0 Å².